The lowest BCUT2D eigenvalue weighted by atomic mass is 9.86. The Bertz CT molecular complexity index is 1130. The highest BCUT2D eigenvalue weighted by Crippen LogP contribution is 2.42. The molecule has 1 fully saturated rings. The summed E-state index contributed by atoms with van der Waals surface area (Å²) in [4.78, 5) is 3.99. The minimum atomic E-state index is -2.44. The second-order valence-corrected chi connectivity index (χ2v) is 8.95. The molecule has 2 aromatic carbocycles. The fourth-order valence-corrected chi connectivity index (χ4v) is 5.19. The lowest BCUT2D eigenvalue weighted by Gasteiger charge is -2.39. The molecule has 0 spiro atoms. The van der Waals surface area contributed by atoms with Crippen molar-refractivity contribution in [2.45, 2.75) is 31.4 Å². The van der Waals surface area contributed by atoms with Crippen molar-refractivity contribution in [2.24, 2.45) is 0 Å². The average Bonchev–Trinajstić information content (AvgIpc) is 3.29. The first kappa shape index (κ1) is 23.0. The van der Waals surface area contributed by atoms with Crippen molar-refractivity contribution in [1.29, 1.82) is 0 Å². The largest absolute Gasteiger partial charge is 0.496 e. The zero-order chi connectivity index (χ0) is 23.7. The second-order valence-electron chi connectivity index (χ2n) is 8.95. The number of halogens is 3. The summed E-state index contributed by atoms with van der Waals surface area (Å²) < 4.78 is 51.2. The quantitative estimate of drug-likeness (QED) is 0.504. The van der Waals surface area contributed by atoms with Crippen LogP contribution in [0.1, 0.15) is 29.2 Å². The predicted molar refractivity (Wildman–Crippen MR) is 124 cm³/mol. The van der Waals surface area contributed by atoms with Crippen molar-refractivity contribution in [3.8, 4) is 11.5 Å². The van der Waals surface area contributed by atoms with Crippen molar-refractivity contribution >= 4 is 10.9 Å². The fourth-order valence-electron chi connectivity index (χ4n) is 5.19. The molecule has 1 unspecified atom stereocenters. The van der Waals surface area contributed by atoms with Crippen LogP contribution in [0, 0.1) is 0 Å². The first-order chi connectivity index (χ1) is 16.6. The van der Waals surface area contributed by atoms with Crippen LogP contribution in [-0.4, -0.2) is 79.0 Å². The van der Waals surface area contributed by atoms with Crippen LogP contribution in [0.15, 0.2) is 36.5 Å². The first-order valence-corrected chi connectivity index (χ1v) is 11.7. The average molecular weight is 475 g/mol. The standard InChI is InChI=1S/C25H29F3N4O2/c1-33-23-11-16(34-17-13-31(14-17)9-2-8-26)3-4-20(23)25-19-5-6-22-21(12-29-30-22)18(19)7-10-32(25)15-24(27)28/h3-6,11-12,17,24-25H,2,7-10,13-15H2,1H3,(H,29,30). The number of H-pyrrole nitrogens is 1. The Balaban J connectivity index is 1.43. The Morgan fingerprint density at radius 3 is 2.76 bits per heavy atom. The molecule has 0 bridgehead atoms. The Kier molecular flexibility index (Phi) is 6.65. The van der Waals surface area contributed by atoms with E-state index in [1.54, 1.807) is 13.3 Å². The molecule has 0 aliphatic carbocycles. The van der Waals surface area contributed by atoms with E-state index in [4.69, 9.17) is 9.47 Å². The van der Waals surface area contributed by atoms with E-state index < -0.39 is 6.43 Å². The highest BCUT2D eigenvalue weighted by atomic mass is 19.3. The SMILES string of the molecule is COc1cc(OC2CN(CCCF)C2)ccc1C1c2ccc3[nH]ncc3c2CCN1CC(F)F. The first-order valence-electron chi connectivity index (χ1n) is 11.7. The maximum atomic E-state index is 13.5. The Labute approximate surface area is 196 Å². The molecule has 3 heterocycles. The zero-order valence-corrected chi connectivity index (χ0v) is 19.1. The molecule has 6 nitrogen and oxygen atoms in total. The Hall–Kier alpha value is -2.78. The van der Waals surface area contributed by atoms with Crippen LogP contribution in [-0.2, 0) is 6.42 Å². The third-order valence-corrected chi connectivity index (χ3v) is 6.79. The summed E-state index contributed by atoms with van der Waals surface area (Å²) in [6.07, 6.45) is 0.639. The lowest BCUT2D eigenvalue weighted by Crippen LogP contribution is -2.53. The van der Waals surface area contributed by atoms with Gasteiger partial charge in [0.25, 0.3) is 6.43 Å². The molecule has 0 amide bonds. The van der Waals surface area contributed by atoms with Crippen molar-refractivity contribution in [3.63, 3.8) is 0 Å². The van der Waals surface area contributed by atoms with E-state index in [0.29, 0.717) is 30.9 Å². The van der Waals surface area contributed by atoms with Gasteiger partial charge in [-0.2, -0.15) is 5.10 Å². The van der Waals surface area contributed by atoms with Gasteiger partial charge in [0.05, 0.1) is 38.1 Å². The van der Waals surface area contributed by atoms with Crippen LogP contribution >= 0.6 is 0 Å². The number of alkyl halides is 3. The number of rotatable bonds is 9. The van der Waals surface area contributed by atoms with Crippen molar-refractivity contribution in [3.05, 3.63) is 53.2 Å². The highest BCUT2D eigenvalue weighted by molar-refractivity contribution is 5.83. The number of hydrogen-bond donors (Lipinski definition) is 1. The fraction of sp³-hybridized carbons (Fsp3) is 0.480. The van der Waals surface area contributed by atoms with Gasteiger partial charge in [0.15, 0.2) is 0 Å². The summed E-state index contributed by atoms with van der Waals surface area (Å²) in [5, 5.41) is 8.18. The molecule has 182 valence electrons. The molecule has 3 aromatic rings. The number of methoxy groups -OCH3 is 1. The smallest absolute Gasteiger partial charge is 0.251 e. The number of hydrogen-bond acceptors (Lipinski definition) is 5. The molecular formula is C25H29F3N4O2. The Morgan fingerprint density at radius 2 is 2.00 bits per heavy atom. The van der Waals surface area contributed by atoms with Crippen molar-refractivity contribution in [1.82, 2.24) is 20.0 Å². The molecule has 1 atom stereocenters. The molecule has 34 heavy (non-hydrogen) atoms. The van der Waals surface area contributed by atoms with E-state index in [9.17, 15) is 13.2 Å². The molecule has 1 saturated heterocycles. The van der Waals surface area contributed by atoms with Gasteiger partial charge in [0, 0.05) is 43.2 Å². The van der Waals surface area contributed by atoms with Gasteiger partial charge in [0.2, 0.25) is 0 Å². The van der Waals surface area contributed by atoms with Crippen LogP contribution in [0.4, 0.5) is 13.2 Å². The third kappa shape index (κ3) is 4.46. The van der Waals surface area contributed by atoms with Gasteiger partial charge >= 0.3 is 0 Å². The molecule has 2 aliphatic heterocycles. The van der Waals surface area contributed by atoms with Gasteiger partial charge in [-0.15, -0.1) is 0 Å². The van der Waals surface area contributed by atoms with Gasteiger partial charge in [-0.25, -0.2) is 8.78 Å². The van der Waals surface area contributed by atoms with Crippen LogP contribution in [0.2, 0.25) is 0 Å². The maximum absolute atomic E-state index is 13.5. The van der Waals surface area contributed by atoms with E-state index in [-0.39, 0.29) is 25.4 Å². The minimum Gasteiger partial charge on any atom is -0.496 e. The van der Waals surface area contributed by atoms with Crippen LogP contribution < -0.4 is 9.47 Å². The highest BCUT2D eigenvalue weighted by Gasteiger charge is 2.34. The number of benzene rings is 2. The monoisotopic (exact) mass is 474 g/mol. The Morgan fingerprint density at radius 1 is 1.18 bits per heavy atom. The van der Waals surface area contributed by atoms with Crippen LogP contribution in [0.3, 0.4) is 0 Å². The minimum absolute atomic E-state index is 0.0512. The van der Waals surface area contributed by atoms with Gasteiger partial charge in [0.1, 0.15) is 17.6 Å². The molecule has 0 saturated carbocycles. The zero-order valence-electron chi connectivity index (χ0n) is 19.1. The number of likely N-dealkylation sites (tertiary alicyclic amines) is 1. The normalized spacial score (nSPS) is 19.4. The van der Waals surface area contributed by atoms with Gasteiger partial charge in [-0.3, -0.25) is 19.3 Å². The summed E-state index contributed by atoms with van der Waals surface area (Å²) in [6, 6.07) is 9.24. The summed E-state index contributed by atoms with van der Waals surface area (Å²) in [6.45, 7) is 2.17. The molecule has 0 radical (unpaired) electrons. The number of fused-ring (bicyclic) bond motifs is 3. The van der Waals surface area contributed by atoms with E-state index in [2.05, 4.69) is 15.1 Å². The lowest BCUT2D eigenvalue weighted by molar-refractivity contribution is 0.0183. The summed E-state index contributed by atoms with van der Waals surface area (Å²) in [7, 11) is 1.59. The van der Waals surface area contributed by atoms with E-state index >= 15 is 0 Å². The van der Waals surface area contributed by atoms with E-state index in [0.717, 1.165) is 47.2 Å². The van der Waals surface area contributed by atoms with Gasteiger partial charge in [-0.1, -0.05) is 6.07 Å². The molecule has 2 aliphatic rings. The summed E-state index contributed by atoms with van der Waals surface area (Å²) in [5.74, 6) is 1.29. The number of aromatic amines is 1. The van der Waals surface area contributed by atoms with Crippen molar-refractivity contribution < 1.29 is 22.6 Å². The predicted octanol–water partition coefficient (Wildman–Crippen LogP) is 4.21. The third-order valence-electron chi connectivity index (χ3n) is 6.79. The number of ether oxygens (including phenoxy) is 2. The van der Waals surface area contributed by atoms with Crippen LogP contribution in [0.25, 0.3) is 10.9 Å². The number of nitrogens with one attached hydrogen (secondary N) is 1. The van der Waals surface area contributed by atoms with Gasteiger partial charge < -0.3 is 9.47 Å². The molecule has 1 aromatic heterocycles. The topological polar surface area (TPSA) is 53.6 Å². The van der Waals surface area contributed by atoms with Gasteiger partial charge in [-0.05, 0) is 42.2 Å². The molecule has 1 N–H and O–H groups in total. The number of aromatic nitrogens is 2. The van der Waals surface area contributed by atoms with E-state index in [1.807, 2.05) is 35.2 Å². The second kappa shape index (κ2) is 9.84. The van der Waals surface area contributed by atoms with Crippen molar-refractivity contribution in [2.75, 3.05) is 46.5 Å². The number of nitrogens with zero attached hydrogens (tertiary/aromatic N) is 3. The maximum Gasteiger partial charge on any atom is 0.251 e. The summed E-state index contributed by atoms with van der Waals surface area (Å²) in [5.41, 5.74) is 3.90. The van der Waals surface area contributed by atoms with E-state index in [1.165, 1.54) is 0 Å². The molecular weight excluding hydrogens is 445 g/mol. The summed E-state index contributed by atoms with van der Waals surface area (Å²) >= 11 is 0. The molecule has 9 heteroatoms. The molecule has 5 rings (SSSR count). The van der Waals surface area contributed by atoms with Crippen LogP contribution in [0.5, 0.6) is 11.5 Å².